The predicted octanol–water partition coefficient (Wildman–Crippen LogP) is 2.28. The van der Waals surface area contributed by atoms with Gasteiger partial charge in [0.25, 0.3) is 5.91 Å². The Morgan fingerprint density at radius 3 is 2.61 bits per heavy atom. The average molecular weight is 315 g/mol. The molecule has 1 aliphatic heterocycles. The van der Waals surface area contributed by atoms with E-state index in [1.165, 1.54) is 4.90 Å². The molecule has 5 nitrogen and oxygen atoms in total. The van der Waals surface area contributed by atoms with Crippen molar-refractivity contribution in [2.45, 2.75) is 52.6 Å². The van der Waals surface area contributed by atoms with Gasteiger partial charge in [-0.3, -0.25) is 14.5 Å². The van der Waals surface area contributed by atoms with Crippen molar-refractivity contribution in [3.8, 4) is 0 Å². The van der Waals surface area contributed by atoms with Crippen LogP contribution >= 0.6 is 0 Å². The minimum absolute atomic E-state index is 0.0549. The Balaban J connectivity index is 2.16. The lowest BCUT2D eigenvalue weighted by Crippen LogP contribution is -2.43. The first-order chi connectivity index (χ1) is 10.7. The van der Waals surface area contributed by atoms with E-state index in [1.54, 1.807) is 6.92 Å². The molecule has 1 aliphatic rings. The van der Waals surface area contributed by atoms with Gasteiger partial charge in [0.2, 0.25) is 0 Å². The standard InChI is InChI=1S/C18H25N3O2/c1-12(2)10-18(4)16(23)21(17(19)20-18)11-15-7-5-6-14(9-15)8-13(3)22/h5-7,9,12H,8,10-11H2,1-4H3,(H2,19,20). The van der Waals surface area contributed by atoms with E-state index in [9.17, 15) is 9.59 Å². The second-order valence-corrected chi connectivity index (χ2v) is 6.93. The molecule has 23 heavy (non-hydrogen) atoms. The molecule has 0 spiro atoms. The van der Waals surface area contributed by atoms with Crippen LogP contribution in [-0.2, 0) is 22.6 Å². The highest BCUT2D eigenvalue weighted by atomic mass is 16.2. The number of carbonyl (C=O) groups is 2. The maximum Gasteiger partial charge on any atom is 0.257 e. The highest BCUT2D eigenvalue weighted by Gasteiger charge is 2.43. The van der Waals surface area contributed by atoms with Crippen LogP contribution in [0.1, 0.15) is 45.2 Å². The molecule has 2 rings (SSSR count). The number of ketones is 1. The number of guanidine groups is 1. The zero-order chi connectivity index (χ0) is 17.2. The normalized spacial score (nSPS) is 21.0. The number of aliphatic imine (C=N–C) groups is 1. The quantitative estimate of drug-likeness (QED) is 0.875. The van der Waals surface area contributed by atoms with E-state index in [2.05, 4.69) is 18.8 Å². The number of nitrogens with zero attached hydrogens (tertiary/aromatic N) is 2. The minimum atomic E-state index is -0.769. The Morgan fingerprint density at radius 1 is 1.35 bits per heavy atom. The molecule has 0 bridgehead atoms. The fourth-order valence-electron chi connectivity index (χ4n) is 3.14. The Morgan fingerprint density at radius 2 is 2.00 bits per heavy atom. The third-order valence-corrected chi connectivity index (χ3v) is 3.93. The molecule has 1 heterocycles. The summed E-state index contributed by atoms with van der Waals surface area (Å²) >= 11 is 0. The van der Waals surface area contributed by atoms with Gasteiger partial charge in [-0.25, -0.2) is 4.99 Å². The van der Waals surface area contributed by atoms with E-state index in [4.69, 9.17) is 5.73 Å². The summed E-state index contributed by atoms with van der Waals surface area (Å²) in [6.45, 7) is 7.93. The van der Waals surface area contributed by atoms with Crippen molar-refractivity contribution in [1.29, 1.82) is 0 Å². The lowest BCUT2D eigenvalue weighted by atomic mass is 9.91. The van der Waals surface area contributed by atoms with Crippen LogP contribution in [0.15, 0.2) is 29.3 Å². The van der Waals surface area contributed by atoms with E-state index in [-0.39, 0.29) is 17.6 Å². The highest BCUT2D eigenvalue weighted by molar-refractivity contribution is 6.06. The Hall–Kier alpha value is -2.17. The predicted molar refractivity (Wildman–Crippen MR) is 90.9 cm³/mol. The van der Waals surface area contributed by atoms with Gasteiger partial charge in [-0.05, 0) is 37.3 Å². The number of nitrogens with two attached hydrogens (primary N) is 1. The number of carbonyl (C=O) groups excluding carboxylic acids is 2. The van der Waals surface area contributed by atoms with Crippen molar-refractivity contribution >= 4 is 17.6 Å². The third-order valence-electron chi connectivity index (χ3n) is 3.93. The molecule has 1 unspecified atom stereocenters. The van der Waals surface area contributed by atoms with Crippen LogP contribution in [0.3, 0.4) is 0 Å². The Bertz CT molecular complexity index is 651. The molecule has 0 saturated carbocycles. The molecule has 5 heteroatoms. The molecule has 1 aromatic rings. The number of hydrogen-bond acceptors (Lipinski definition) is 4. The van der Waals surface area contributed by atoms with Crippen LogP contribution in [0.4, 0.5) is 0 Å². The summed E-state index contributed by atoms with van der Waals surface area (Å²) in [6.07, 6.45) is 1.07. The maximum atomic E-state index is 12.7. The van der Waals surface area contributed by atoms with Crippen molar-refractivity contribution in [1.82, 2.24) is 4.90 Å². The number of benzene rings is 1. The van der Waals surface area contributed by atoms with E-state index in [1.807, 2.05) is 31.2 Å². The summed E-state index contributed by atoms with van der Waals surface area (Å²) in [5.74, 6) is 0.695. The van der Waals surface area contributed by atoms with E-state index < -0.39 is 5.54 Å². The van der Waals surface area contributed by atoms with Crippen molar-refractivity contribution < 1.29 is 9.59 Å². The van der Waals surface area contributed by atoms with Gasteiger partial charge in [0.15, 0.2) is 5.96 Å². The van der Waals surface area contributed by atoms with Crippen LogP contribution in [0.5, 0.6) is 0 Å². The second-order valence-electron chi connectivity index (χ2n) is 6.93. The molecular formula is C18H25N3O2. The Labute approximate surface area is 137 Å². The van der Waals surface area contributed by atoms with E-state index in [0.29, 0.717) is 25.3 Å². The van der Waals surface area contributed by atoms with Crippen LogP contribution in [0.2, 0.25) is 0 Å². The lowest BCUT2D eigenvalue weighted by Gasteiger charge is -2.23. The molecule has 1 aromatic carbocycles. The van der Waals surface area contributed by atoms with Crippen molar-refractivity contribution in [2.75, 3.05) is 0 Å². The smallest absolute Gasteiger partial charge is 0.257 e. The van der Waals surface area contributed by atoms with Crippen LogP contribution in [0.25, 0.3) is 0 Å². The molecule has 0 saturated heterocycles. The van der Waals surface area contributed by atoms with Gasteiger partial charge in [-0.1, -0.05) is 38.1 Å². The largest absolute Gasteiger partial charge is 0.369 e. The molecule has 124 valence electrons. The third kappa shape index (κ3) is 3.97. The first kappa shape index (κ1) is 17.2. The van der Waals surface area contributed by atoms with Crippen molar-refractivity contribution in [2.24, 2.45) is 16.6 Å². The van der Waals surface area contributed by atoms with Gasteiger partial charge in [0.1, 0.15) is 11.3 Å². The van der Waals surface area contributed by atoms with Crippen LogP contribution in [0, 0.1) is 5.92 Å². The molecule has 2 N–H and O–H groups in total. The molecule has 1 atom stereocenters. The molecule has 0 aromatic heterocycles. The number of rotatable bonds is 6. The Kier molecular flexibility index (Phi) is 4.88. The maximum absolute atomic E-state index is 12.7. The summed E-state index contributed by atoms with van der Waals surface area (Å²) in [7, 11) is 0. The van der Waals surface area contributed by atoms with Crippen molar-refractivity contribution in [3.05, 3.63) is 35.4 Å². The molecule has 0 radical (unpaired) electrons. The molecule has 1 amide bonds. The number of hydrogen-bond donors (Lipinski definition) is 1. The zero-order valence-corrected chi connectivity index (χ0v) is 14.3. The van der Waals surface area contributed by atoms with Crippen LogP contribution in [-0.4, -0.2) is 28.1 Å². The summed E-state index contributed by atoms with van der Waals surface area (Å²) in [5.41, 5.74) is 7.11. The van der Waals surface area contributed by atoms with Crippen LogP contribution < -0.4 is 5.73 Å². The van der Waals surface area contributed by atoms with Gasteiger partial charge in [0, 0.05) is 6.42 Å². The van der Waals surface area contributed by atoms with Gasteiger partial charge >= 0.3 is 0 Å². The van der Waals surface area contributed by atoms with Crippen molar-refractivity contribution in [3.63, 3.8) is 0 Å². The summed E-state index contributed by atoms with van der Waals surface area (Å²) in [6, 6.07) is 7.69. The fourth-order valence-corrected chi connectivity index (χ4v) is 3.14. The van der Waals surface area contributed by atoms with Gasteiger partial charge in [-0.2, -0.15) is 0 Å². The first-order valence-corrected chi connectivity index (χ1v) is 7.96. The second kappa shape index (κ2) is 6.52. The minimum Gasteiger partial charge on any atom is -0.369 e. The zero-order valence-electron chi connectivity index (χ0n) is 14.3. The van der Waals surface area contributed by atoms with Gasteiger partial charge in [-0.15, -0.1) is 0 Å². The molecule has 0 fully saturated rings. The molecular weight excluding hydrogens is 290 g/mol. The molecule has 0 aliphatic carbocycles. The summed E-state index contributed by atoms with van der Waals surface area (Å²) in [5, 5.41) is 0. The van der Waals surface area contributed by atoms with Gasteiger partial charge in [0.05, 0.1) is 6.54 Å². The van der Waals surface area contributed by atoms with E-state index >= 15 is 0 Å². The van der Waals surface area contributed by atoms with Gasteiger partial charge < -0.3 is 5.73 Å². The summed E-state index contributed by atoms with van der Waals surface area (Å²) in [4.78, 5) is 29.9. The topological polar surface area (TPSA) is 75.8 Å². The highest BCUT2D eigenvalue weighted by Crippen LogP contribution is 2.29. The average Bonchev–Trinajstić information content (AvgIpc) is 2.61. The first-order valence-electron chi connectivity index (χ1n) is 7.96. The lowest BCUT2D eigenvalue weighted by molar-refractivity contribution is -0.131. The fraction of sp³-hybridized carbons (Fsp3) is 0.500. The number of amides is 1. The van der Waals surface area contributed by atoms with E-state index in [0.717, 1.165) is 11.1 Å². The SMILES string of the molecule is CC(=O)Cc1cccc(CN2C(=O)C(C)(CC(C)C)N=C2N)c1. The monoisotopic (exact) mass is 315 g/mol. The summed E-state index contributed by atoms with van der Waals surface area (Å²) < 4.78 is 0. The number of Topliss-reactive ketones (excluding diaryl/α,β-unsaturated/α-hetero) is 1.